The Bertz CT molecular complexity index is 946. The second-order valence-electron chi connectivity index (χ2n) is 6.76. The molecule has 2 aromatic carbocycles. The third kappa shape index (κ3) is 4.55. The molecule has 3 amide bonds. The van der Waals surface area contributed by atoms with Gasteiger partial charge in [-0.05, 0) is 48.0 Å². The van der Waals surface area contributed by atoms with Crippen molar-refractivity contribution < 1.29 is 23.9 Å². The molecular formula is C20H19ClFN3O4. The molecule has 2 aromatic rings. The smallest absolute Gasteiger partial charge is 0.268 e. The number of hydrogen-bond acceptors (Lipinski definition) is 4. The van der Waals surface area contributed by atoms with Crippen LogP contribution in [0.4, 0.5) is 15.8 Å². The molecule has 1 unspecified atom stereocenters. The van der Waals surface area contributed by atoms with Gasteiger partial charge in [0.25, 0.3) is 11.8 Å². The Morgan fingerprint density at radius 2 is 1.93 bits per heavy atom. The Morgan fingerprint density at radius 3 is 2.55 bits per heavy atom. The van der Waals surface area contributed by atoms with Gasteiger partial charge in [-0.2, -0.15) is 0 Å². The normalized spacial score (nSPS) is 18.6. The van der Waals surface area contributed by atoms with Gasteiger partial charge < -0.3 is 20.6 Å². The number of carbonyl (C=O) groups excluding carboxylic acids is 3. The first-order chi connectivity index (χ1) is 13.7. The molecule has 3 rings (SSSR count). The number of benzene rings is 2. The van der Waals surface area contributed by atoms with Gasteiger partial charge in [-0.3, -0.25) is 14.4 Å². The lowest BCUT2D eigenvalue weighted by Crippen LogP contribution is -2.52. The van der Waals surface area contributed by atoms with Crippen LogP contribution in [0.15, 0.2) is 42.5 Å². The fourth-order valence-corrected chi connectivity index (χ4v) is 3.38. The van der Waals surface area contributed by atoms with E-state index in [1.54, 1.807) is 24.3 Å². The summed E-state index contributed by atoms with van der Waals surface area (Å²) in [6.45, 7) is 1.44. The van der Waals surface area contributed by atoms with Gasteiger partial charge in [0.1, 0.15) is 5.82 Å². The molecule has 0 aromatic heterocycles. The van der Waals surface area contributed by atoms with Crippen molar-refractivity contribution in [1.29, 1.82) is 0 Å². The molecule has 152 valence electrons. The zero-order chi connectivity index (χ0) is 21.2. The van der Waals surface area contributed by atoms with E-state index in [-0.39, 0.29) is 30.4 Å². The quantitative estimate of drug-likeness (QED) is 0.647. The van der Waals surface area contributed by atoms with Crippen molar-refractivity contribution in [3.05, 3.63) is 58.9 Å². The molecule has 1 atom stereocenters. The van der Waals surface area contributed by atoms with E-state index < -0.39 is 23.2 Å². The van der Waals surface area contributed by atoms with Gasteiger partial charge in [0, 0.05) is 42.8 Å². The number of rotatable bonds is 5. The molecule has 1 aliphatic heterocycles. The molecule has 0 saturated carbocycles. The Morgan fingerprint density at radius 1 is 1.24 bits per heavy atom. The van der Waals surface area contributed by atoms with Crippen LogP contribution in [-0.2, 0) is 20.9 Å². The summed E-state index contributed by atoms with van der Waals surface area (Å²) in [5, 5.41) is 15.9. The molecule has 0 radical (unpaired) electrons. The van der Waals surface area contributed by atoms with Crippen molar-refractivity contribution in [2.75, 3.05) is 16.8 Å². The lowest BCUT2D eigenvalue weighted by atomic mass is 10.0. The predicted molar refractivity (Wildman–Crippen MR) is 106 cm³/mol. The number of halogens is 2. The maximum atomic E-state index is 13.4. The monoisotopic (exact) mass is 419 g/mol. The van der Waals surface area contributed by atoms with Gasteiger partial charge in [0.05, 0.1) is 0 Å². The highest BCUT2D eigenvalue weighted by Gasteiger charge is 2.51. The first-order valence-electron chi connectivity index (χ1n) is 8.84. The van der Waals surface area contributed by atoms with Crippen LogP contribution < -0.4 is 15.5 Å². The van der Waals surface area contributed by atoms with E-state index >= 15 is 0 Å². The van der Waals surface area contributed by atoms with Gasteiger partial charge in [0.2, 0.25) is 11.5 Å². The summed E-state index contributed by atoms with van der Waals surface area (Å²) >= 11 is 5.78. The highest BCUT2D eigenvalue weighted by atomic mass is 35.5. The number of carbonyl (C=O) groups is 3. The largest absolute Gasteiger partial charge is 0.372 e. The number of amides is 3. The second-order valence-corrected chi connectivity index (χ2v) is 7.19. The maximum Gasteiger partial charge on any atom is 0.268 e. The number of nitrogens with one attached hydrogen (secondary N) is 2. The Labute approximate surface area is 171 Å². The summed E-state index contributed by atoms with van der Waals surface area (Å²) in [5.41, 5.74) is -0.754. The summed E-state index contributed by atoms with van der Waals surface area (Å²) in [6, 6.07) is 10.3. The van der Waals surface area contributed by atoms with E-state index in [0.717, 1.165) is 6.07 Å². The lowest BCUT2D eigenvalue weighted by Gasteiger charge is -2.22. The zero-order valence-corrected chi connectivity index (χ0v) is 16.3. The highest BCUT2D eigenvalue weighted by molar-refractivity contribution is 6.30. The molecule has 7 nitrogen and oxygen atoms in total. The summed E-state index contributed by atoms with van der Waals surface area (Å²) < 4.78 is 13.4. The SMILES string of the molecule is CC(=O)Nc1ccc(N2CCC(O)(C(=O)NCc3cc(F)cc(Cl)c3)C2=O)cc1. The highest BCUT2D eigenvalue weighted by Crippen LogP contribution is 2.29. The molecule has 0 bridgehead atoms. The van der Waals surface area contributed by atoms with E-state index in [0.29, 0.717) is 16.9 Å². The van der Waals surface area contributed by atoms with Gasteiger partial charge >= 0.3 is 0 Å². The first-order valence-corrected chi connectivity index (χ1v) is 9.22. The van der Waals surface area contributed by atoms with Crippen molar-refractivity contribution in [2.45, 2.75) is 25.5 Å². The van der Waals surface area contributed by atoms with E-state index in [1.807, 2.05) is 0 Å². The first kappa shape index (κ1) is 20.8. The second kappa shape index (κ2) is 8.18. The number of hydrogen-bond donors (Lipinski definition) is 3. The molecule has 9 heteroatoms. The van der Waals surface area contributed by atoms with Crippen LogP contribution in [0.3, 0.4) is 0 Å². The van der Waals surface area contributed by atoms with Crippen LogP contribution in [0, 0.1) is 5.82 Å². The zero-order valence-electron chi connectivity index (χ0n) is 15.5. The van der Waals surface area contributed by atoms with Crippen LogP contribution in [0.2, 0.25) is 5.02 Å². The van der Waals surface area contributed by atoms with Gasteiger partial charge in [-0.25, -0.2) is 4.39 Å². The standard InChI is InChI=1S/C20H19ClFN3O4/c1-12(26)24-16-2-4-17(5-3-16)25-7-6-20(29,19(25)28)18(27)23-11-13-8-14(21)10-15(22)9-13/h2-5,8-10,29H,6-7,11H2,1H3,(H,23,27)(H,24,26). The minimum atomic E-state index is -2.21. The van der Waals surface area contributed by atoms with Gasteiger partial charge in [-0.1, -0.05) is 11.6 Å². The third-order valence-electron chi connectivity index (χ3n) is 4.55. The lowest BCUT2D eigenvalue weighted by molar-refractivity contribution is -0.149. The fraction of sp³-hybridized carbons (Fsp3) is 0.250. The van der Waals surface area contributed by atoms with Crippen LogP contribution in [0.25, 0.3) is 0 Å². The molecule has 1 heterocycles. The molecule has 29 heavy (non-hydrogen) atoms. The van der Waals surface area contributed by atoms with E-state index in [2.05, 4.69) is 10.6 Å². The molecule has 1 saturated heterocycles. The van der Waals surface area contributed by atoms with E-state index in [9.17, 15) is 23.9 Å². The van der Waals surface area contributed by atoms with Crippen molar-refractivity contribution >= 4 is 40.7 Å². The minimum absolute atomic E-state index is 0.0860. The predicted octanol–water partition coefficient (Wildman–Crippen LogP) is 2.22. The molecule has 1 aliphatic rings. The van der Waals surface area contributed by atoms with Crippen molar-refractivity contribution in [1.82, 2.24) is 5.32 Å². The van der Waals surface area contributed by atoms with Gasteiger partial charge in [0.15, 0.2) is 0 Å². The van der Waals surface area contributed by atoms with E-state index in [1.165, 1.54) is 24.0 Å². The third-order valence-corrected chi connectivity index (χ3v) is 4.76. The summed E-state index contributed by atoms with van der Waals surface area (Å²) in [4.78, 5) is 37.6. The topological polar surface area (TPSA) is 98.7 Å². The average molecular weight is 420 g/mol. The van der Waals surface area contributed by atoms with Crippen molar-refractivity contribution in [3.63, 3.8) is 0 Å². The summed E-state index contributed by atoms with van der Waals surface area (Å²) in [7, 11) is 0. The molecular weight excluding hydrogens is 401 g/mol. The number of aliphatic hydroxyl groups is 1. The maximum absolute atomic E-state index is 13.4. The fourth-order valence-electron chi connectivity index (χ4n) is 3.13. The molecule has 3 N–H and O–H groups in total. The van der Waals surface area contributed by atoms with Gasteiger partial charge in [-0.15, -0.1) is 0 Å². The van der Waals surface area contributed by atoms with Crippen LogP contribution in [-0.4, -0.2) is 35.0 Å². The molecule has 1 fully saturated rings. The number of nitrogens with zero attached hydrogens (tertiary/aromatic N) is 1. The molecule has 0 spiro atoms. The van der Waals surface area contributed by atoms with E-state index in [4.69, 9.17) is 11.6 Å². The van der Waals surface area contributed by atoms with Crippen molar-refractivity contribution in [2.24, 2.45) is 0 Å². The number of anilines is 2. The van der Waals surface area contributed by atoms with Crippen LogP contribution >= 0.6 is 11.6 Å². The van der Waals surface area contributed by atoms with Crippen LogP contribution in [0.1, 0.15) is 18.9 Å². The minimum Gasteiger partial charge on any atom is -0.372 e. The Balaban J connectivity index is 1.68. The molecule has 0 aliphatic carbocycles. The van der Waals surface area contributed by atoms with Crippen molar-refractivity contribution in [3.8, 4) is 0 Å². The summed E-state index contributed by atoms with van der Waals surface area (Å²) in [6.07, 6.45) is -0.0883. The summed E-state index contributed by atoms with van der Waals surface area (Å²) in [5.74, 6) is -2.38. The Hall–Kier alpha value is -2.97. The Kier molecular flexibility index (Phi) is 5.86. The average Bonchev–Trinajstić information content (AvgIpc) is 2.95. The van der Waals surface area contributed by atoms with Crippen LogP contribution in [0.5, 0.6) is 0 Å².